The predicted octanol–water partition coefficient (Wildman–Crippen LogP) is 9.62. The maximum absolute atomic E-state index is 14.1. The number of hydrogen-bond donors (Lipinski definition) is 12. The molecule has 18 heteroatoms. The number of benzene rings is 6. The number of unbranched alkanes of at least 4 members (excludes halogenated alkanes) is 3. The Labute approximate surface area is 513 Å². The zero-order chi connectivity index (χ0) is 62.1. The van der Waals surface area contributed by atoms with E-state index in [9.17, 15) is 28.8 Å². The highest BCUT2D eigenvalue weighted by Crippen LogP contribution is 2.35. The smallest absolute Gasteiger partial charge is 0.246 e. The number of carbonyl (C=O) groups is 6. The highest BCUT2D eigenvalue weighted by atomic mass is 16.2. The van der Waals surface area contributed by atoms with Crippen LogP contribution in [0.3, 0.4) is 0 Å². The SMILES string of the molecule is Cc1ccc2[nH]cc(CC(=O)N[C@H](CCCCN)C(=O)Nc3ccc(C(c4ccc(NC(=O)[C@@H](CCCCN)NC(=O)Cc5c[nH]c6ccc(C)cc56)cc4)c4ccc(NC(=O)[C@@H](CCCCN)NC(=O)Cc5c[nH]c6ccc(C)cc56)cc4)cc3)c2c1. The number of nitrogens with one attached hydrogen (secondary N) is 9. The zero-order valence-corrected chi connectivity index (χ0v) is 50.5. The van der Waals surface area contributed by atoms with E-state index in [1.165, 1.54) is 0 Å². The molecule has 0 aliphatic rings. The summed E-state index contributed by atoms with van der Waals surface area (Å²) in [6.45, 7) is 7.39. The van der Waals surface area contributed by atoms with Gasteiger partial charge in [-0.05, 0) is 204 Å². The van der Waals surface area contributed by atoms with Gasteiger partial charge in [0.1, 0.15) is 18.1 Å². The maximum atomic E-state index is 14.1. The molecule has 3 aromatic heterocycles. The minimum atomic E-state index is -0.809. The van der Waals surface area contributed by atoms with Gasteiger partial charge in [0.05, 0.1) is 19.3 Å². The Morgan fingerprint density at radius 3 is 0.909 bits per heavy atom. The Kier molecular flexibility index (Phi) is 21.8. The summed E-state index contributed by atoms with van der Waals surface area (Å²) in [5.74, 6) is -2.25. The molecule has 0 saturated carbocycles. The third-order valence-electron chi connectivity index (χ3n) is 16.2. The highest BCUT2D eigenvalue weighted by Gasteiger charge is 2.26. The second-order valence-electron chi connectivity index (χ2n) is 23.1. The van der Waals surface area contributed by atoms with Gasteiger partial charge in [-0.25, -0.2) is 0 Å². The fourth-order valence-corrected chi connectivity index (χ4v) is 11.4. The van der Waals surface area contributed by atoms with Crippen LogP contribution in [0.15, 0.2) is 146 Å². The molecule has 0 bridgehead atoms. The molecule has 9 aromatic rings. The number of hydrogen-bond acceptors (Lipinski definition) is 9. The van der Waals surface area contributed by atoms with E-state index in [4.69, 9.17) is 17.2 Å². The molecule has 3 heterocycles. The Morgan fingerprint density at radius 2 is 0.648 bits per heavy atom. The molecular weight excluding hydrogens is 1100 g/mol. The van der Waals surface area contributed by atoms with E-state index in [2.05, 4.69) is 46.9 Å². The van der Waals surface area contributed by atoms with Crippen LogP contribution < -0.4 is 49.1 Å². The van der Waals surface area contributed by atoms with Gasteiger partial charge in [-0.2, -0.15) is 0 Å². The Bertz CT molecular complexity index is 3470. The van der Waals surface area contributed by atoms with Gasteiger partial charge in [0.2, 0.25) is 35.4 Å². The van der Waals surface area contributed by atoms with Gasteiger partial charge in [-0.1, -0.05) is 71.3 Å². The third kappa shape index (κ3) is 16.8. The zero-order valence-electron chi connectivity index (χ0n) is 50.5. The molecule has 0 saturated heterocycles. The quantitative estimate of drug-likeness (QED) is 0.0150. The van der Waals surface area contributed by atoms with Gasteiger partial charge in [0.15, 0.2) is 0 Å². The number of H-pyrrole nitrogens is 3. The lowest BCUT2D eigenvalue weighted by molar-refractivity contribution is -0.126. The van der Waals surface area contributed by atoms with Crippen molar-refractivity contribution in [1.29, 1.82) is 0 Å². The van der Waals surface area contributed by atoms with Crippen molar-refractivity contribution >= 4 is 85.2 Å². The number of aromatic amines is 3. The lowest BCUT2D eigenvalue weighted by Crippen LogP contribution is -2.44. The molecule has 3 atom stereocenters. The predicted molar refractivity (Wildman–Crippen MR) is 351 cm³/mol. The first-order valence-corrected chi connectivity index (χ1v) is 30.6. The Balaban J connectivity index is 0.930. The summed E-state index contributed by atoms with van der Waals surface area (Å²) in [7, 11) is 0. The molecule has 0 radical (unpaired) electrons. The normalized spacial score (nSPS) is 12.4. The number of aryl methyl sites for hydroxylation is 3. The minimum absolute atomic E-state index is 0.0998. The van der Waals surface area contributed by atoms with E-state index in [1.54, 1.807) is 0 Å². The average molecular weight is 1190 g/mol. The van der Waals surface area contributed by atoms with Crippen molar-refractivity contribution in [2.24, 2.45) is 17.2 Å². The fourth-order valence-electron chi connectivity index (χ4n) is 11.4. The Morgan fingerprint density at radius 1 is 0.375 bits per heavy atom. The minimum Gasteiger partial charge on any atom is -0.361 e. The summed E-state index contributed by atoms with van der Waals surface area (Å²) in [6, 6.07) is 38.3. The first-order valence-electron chi connectivity index (χ1n) is 30.6. The molecule has 9 rings (SSSR count). The molecule has 18 nitrogen and oxygen atoms in total. The topological polar surface area (TPSA) is 300 Å². The summed E-state index contributed by atoms with van der Waals surface area (Å²) < 4.78 is 0. The van der Waals surface area contributed by atoms with Crippen molar-refractivity contribution in [3.05, 3.63) is 196 Å². The average Bonchev–Trinajstić information content (AvgIpc) is 2.95. The van der Waals surface area contributed by atoms with Crippen LogP contribution in [0.2, 0.25) is 0 Å². The number of carbonyl (C=O) groups excluding carboxylic acids is 6. The monoisotopic (exact) mass is 1190 g/mol. The van der Waals surface area contributed by atoms with E-state index in [-0.39, 0.29) is 60.6 Å². The van der Waals surface area contributed by atoms with E-state index in [1.807, 2.05) is 167 Å². The van der Waals surface area contributed by atoms with Crippen molar-refractivity contribution in [1.82, 2.24) is 30.9 Å². The van der Waals surface area contributed by atoms with E-state index >= 15 is 0 Å². The van der Waals surface area contributed by atoms with Crippen molar-refractivity contribution in [3.63, 3.8) is 0 Å². The lowest BCUT2D eigenvalue weighted by atomic mass is 9.85. The molecular formula is C70H82N12O6. The van der Waals surface area contributed by atoms with Gasteiger partial charge >= 0.3 is 0 Å². The molecule has 15 N–H and O–H groups in total. The summed E-state index contributed by atoms with van der Waals surface area (Å²) in [6.07, 6.45) is 11.0. The second-order valence-corrected chi connectivity index (χ2v) is 23.1. The largest absolute Gasteiger partial charge is 0.361 e. The van der Waals surface area contributed by atoms with E-state index in [0.717, 1.165) is 82.8 Å². The standard InChI is InChI=1S/C70H82N12O6/c1-43-13-28-58-55(34-43)49(40-74-58)37-64(83)80-61(10-4-7-31-71)68(86)77-52-22-16-46(17-23-52)67(47-18-24-53(25-19-47)78-69(87)62(11-5-8-32-72)81-65(84)38-50-41-75-59-29-14-44(2)35-56(50)59)48-20-26-54(27-21-48)79-70(88)63(12-6-9-33-73)82-66(85)39-51-42-76-60-30-15-45(3)36-57(51)60/h13-30,34-36,40-42,61-63,67,74-76H,4-12,31-33,37-39,71-73H2,1-3H3,(H,77,86)(H,78,87)(H,79,88)(H,80,83)(H,81,84)(H,82,85)/t61-,62-,63-/m1/s1. The van der Waals surface area contributed by atoms with Crippen molar-refractivity contribution in [3.8, 4) is 0 Å². The molecule has 0 spiro atoms. The van der Waals surface area contributed by atoms with Gasteiger partial charge in [0, 0.05) is 74.3 Å². The molecule has 6 aromatic carbocycles. The van der Waals surface area contributed by atoms with Crippen LogP contribution in [-0.2, 0) is 48.0 Å². The summed E-state index contributed by atoms with van der Waals surface area (Å²) >= 11 is 0. The van der Waals surface area contributed by atoms with Crippen LogP contribution >= 0.6 is 0 Å². The summed E-state index contributed by atoms with van der Waals surface area (Å²) in [5.41, 5.74) is 30.3. The van der Waals surface area contributed by atoms with Crippen LogP contribution in [0.1, 0.15) is 114 Å². The lowest BCUT2D eigenvalue weighted by Gasteiger charge is -2.22. The second kappa shape index (κ2) is 30.3. The van der Waals surface area contributed by atoms with Crippen LogP contribution in [0, 0.1) is 20.8 Å². The number of fused-ring (bicyclic) bond motifs is 3. The number of nitrogens with two attached hydrogens (primary N) is 3. The molecule has 0 unspecified atom stereocenters. The van der Waals surface area contributed by atoms with E-state index in [0.29, 0.717) is 94.5 Å². The maximum Gasteiger partial charge on any atom is 0.246 e. The number of anilines is 3. The van der Waals surface area contributed by atoms with Crippen LogP contribution in [-0.4, -0.2) is 88.2 Å². The number of rotatable bonds is 30. The molecule has 458 valence electrons. The molecule has 0 aliphatic carbocycles. The number of amides is 6. The van der Waals surface area contributed by atoms with Crippen molar-refractivity contribution in [2.75, 3.05) is 35.6 Å². The third-order valence-corrected chi connectivity index (χ3v) is 16.2. The molecule has 0 aliphatic heterocycles. The van der Waals surface area contributed by atoms with Crippen molar-refractivity contribution in [2.45, 2.75) is 122 Å². The van der Waals surface area contributed by atoms with Gasteiger partial charge < -0.3 is 64.1 Å². The summed E-state index contributed by atoms with van der Waals surface area (Å²) in [4.78, 5) is 92.6. The van der Waals surface area contributed by atoms with Crippen molar-refractivity contribution < 1.29 is 28.8 Å². The summed E-state index contributed by atoms with van der Waals surface area (Å²) in [5, 5.41) is 21.0. The van der Waals surface area contributed by atoms with Crippen LogP contribution in [0.25, 0.3) is 32.7 Å². The van der Waals surface area contributed by atoms with Crippen LogP contribution in [0.5, 0.6) is 0 Å². The molecule has 88 heavy (non-hydrogen) atoms. The molecule has 6 amide bonds. The highest BCUT2D eigenvalue weighted by molar-refractivity contribution is 6.00. The first kappa shape index (κ1) is 63.2. The van der Waals surface area contributed by atoms with Gasteiger partial charge in [0.25, 0.3) is 0 Å². The molecule has 0 fully saturated rings. The number of aromatic nitrogens is 3. The van der Waals surface area contributed by atoms with E-state index < -0.39 is 18.1 Å². The van der Waals surface area contributed by atoms with Gasteiger partial charge in [-0.3, -0.25) is 28.8 Å². The van der Waals surface area contributed by atoms with Gasteiger partial charge in [-0.15, -0.1) is 0 Å². The Hall–Kier alpha value is -9.36. The van der Waals surface area contributed by atoms with Crippen LogP contribution in [0.4, 0.5) is 17.1 Å². The first-order chi connectivity index (χ1) is 42.6. The fraction of sp³-hybridized carbons (Fsp3) is 0.314.